The van der Waals surface area contributed by atoms with E-state index in [9.17, 15) is 15.0 Å². The van der Waals surface area contributed by atoms with Gasteiger partial charge < -0.3 is 35.3 Å². The summed E-state index contributed by atoms with van der Waals surface area (Å²) < 4.78 is 17.8. The SMILES string of the molecule is Cc1noc([C@H]2O[C@@H](n3cnc4c(N)nc(N[C@H](CO)Cc5ccccc5)nc43)[C@H](OC=O)[C@@H]2O)n1. The number of carbonyl (C=O) groups is 1. The predicted molar refractivity (Wildman–Crippen MR) is 123 cm³/mol. The average Bonchev–Trinajstić information content (AvgIpc) is 3.57. The summed E-state index contributed by atoms with van der Waals surface area (Å²) in [6.45, 7) is 1.67. The van der Waals surface area contributed by atoms with Crippen molar-refractivity contribution in [3.05, 3.63) is 53.9 Å². The van der Waals surface area contributed by atoms with Crippen LogP contribution in [-0.4, -0.2) is 71.2 Å². The van der Waals surface area contributed by atoms with E-state index in [2.05, 4.69) is 30.4 Å². The quantitative estimate of drug-likeness (QED) is 0.231. The van der Waals surface area contributed by atoms with Crippen molar-refractivity contribution in [2.75, 3.05) is 17.7 Å². The first-order valence-electron chi connectivity index (χ1n) is 11.1. The van der Waals surface area contributed by atoms with Crippen LogP contribution in [-0.2, 0) is 20.7 Å². The van der Waals surface area contributed by atoms with Gasteiger partial charge in [0, 0.05) is 0 Å². The lowest BCUT2D eigenvalue weighted by atomic mass is 10.1. The molecule has 0 radical (unpaired) electrons. The van der Waals surface area contributed by atoms with Crippen molar-refractivity contribution in [1.29, 1.82) is 0 Å². The van der Waals surface area contributed by atoms with E-state index in [1.54, 1.807) is 6.92 Å². The van der Waals surface area contributed by atoms with Crippen molar-refractivity contribution in [1.82, 2.24) is 29.7 Å². The number of ether oxygens (including phenoxy) is 2. The molecular weight excluding hydrogens is 472 g/mol. The third-order valence-electron chi connectivity index (χ3n) is 5.81. The van der Waals surface area contributed by atoms with Crippen molar-refractivity contribution >= 4 is 29.4 Å². The lowest BCUT2D eigenvalue weighted by Crippen LogP contribution is -2.32. The summed E-state index contributed by atoms with van der Waals surface area (Å²) in [5, 5.41) is 27.5. The number of nitrogen functional groups attached to an aromatic ring is 1. The van der Waals surface area contributed by atoms with Crippen LogP contribution in [0.25, 0.3) is 11.2 Å². The van der Waals surface area contributed by atoms with Crippen LogP contribution < -0.4 is 11.1 Å². The molecule has 5 atom stereocenters. The number of aryl methyl sites for hydroxylation is 1. The smallest absolute Gasteiger partial charge is 0.293 e. The zero-order valence-corrected chi connectivity index (χ0v) is 19.1. The van der Waals surface area contributed by atoms with Gasteiger partial charge >= 0.3 is 0 Å². The minimum absolute atomic E-state index is 0.0367. The first kappa shape index (κ1) is 23.6. The standard InChI is InChI=1S/C22H24N8O6/c1-11-25-20(36-29-11)16-15(33)17(34-10-32)21(35-16)30-9-24-14-18(23)27-22(28-19(14)30)26-13(8-31)7-12-5-3-2-4-6-12/h2-6,9-10,13,15-17,21,31,33H,7-8H2,1H3,(H3,23,26,27,28)/t13-,15+,16-,17+,21+/m0/s1. The van der Waals surface area contributed by atoms with Crippen LogP contribution in [0.5, 0.6) is 0 Å². The van der Waals surface area contributed by atoms with E-state index in [4.69, 9.17) is 19.7 Å². The number of carbonyl (C=O) groups excluding carboxylic acids is 1. The Bertz CT molecular complexity index is 1350. The van der Waals surface area contributed by atoms with Gasteiger partial charge in [-0.3, -0.25) is 9.36 Å². The molecule has 36 heavy (non-hydrogen) atoms. The first-order valence-corrected chi connectivity index (χ1v) is 11.1. The van der Waals surface area contributed by atoms with E-state index in [0.717, 1.165) is 5.56 Å². The number of nitrogens with two attached hydrogens (primary N) is 1. The lowest BCUT2D eigenvalue weighted by molar-refractivity contribution is -0.142. The molecule has 14 heteroatoms. The fourth-order valence-corrected chi connectivity index (χ4v) is 4.15. The Morgan fingerprint density at radius 1 is 1.28 bits per heavy atom. The second-order valence-corrected chi connectivity index (χ2v) is 8.28. The number of fused-ring (bicyclic) bond motifs is 1. The van der Waals surface area contributed by atoms with E-state index in [1.165, 1.54) is 10.9 Å². The fourth-order valence-electron chi connectivity index (χ4n) is 4.15. The summed E-state index contributed by atoms with van der Waals surface area (Å²) in [7, 11) is 0. The number of hydrogen-bond acceptors (Lipinski definition) is 13. The Morgan fingerprint density at radius 2 is 2.08 bits per heavy atom. The van der Waals surface area contributed by atoms with Crippen LogP contribution in [0.15, 0.2) is 41.2 Å². The van der Waals surface area contributed by atoms with Gasteiger partial charge in [0.25, 0.3) is 12.4 Å². The molecular formula is C22H24N8O6. The highest BCUT2D eigenvalue weighted by Gasteiger charge is 2.50. The van der Waals surface area contributed by atoms with Crippen LogP contribution in [0.2, 0.25) is 0 Å². The molecule has 4 aromatic rings. The number of benzene rings is 1. The summed E-state index contributed by atoms with van der Waals surface area (Å²) in [6, 6.07) is 9.27. The number of hydrogen-bond donors (Lipinski definition) is 4. The molecule has 1 aliphatic rings. The third kappa shape index (κ3) is 4.44. The van der Waals surface area contributed by atoms with E-state index in [0.29, 0.717) is 12.2 Å². The third-order valence-corrected chi connectivity index (χ3v) is 5.81. The lowest BCUT2D eigenvalue weighted by Gasteiger charge is -2.20. The molecule has 1 saturated heterocycles. The van der Waals surface area contributed by atoms with E-state index in [-0.39, 0.29) is 47.9 Å². The second-order valence-electron chi connectivity index (χ2n) is 8.28. The molecule has 4 heterocycles. The van der Waals surface area contributed by atoms with E-state index in [1.807, 2.05) is 30.3 Å². The van der Waals surface area contributed by atoms with Crippen molar-refractivity contribution in [3.63, 3.8) is 0 Å². The van der Waals surface area contributed by atoms with Crippen LogP contribution in [0, 0.1) is 6.92 Å². The zero-order chi connectivity index (χ0) is 25.2. The van der Waals surface area contributed by atoms with E-state index < -0.39 is 24.5 Å². The summed E-state index contributed by atoms with van der Waals surface area (Å²) in [4.78, 5) is 28.4. The maximum absolute atomic E-state index is 11.2. The highest BCUT2D eigenvalue weighted by Crippen LogP contribution is 2.41. The van der Waals surface area contributed by atoms with Crippen molar-refractivity contribution in [3.8, 4) is 0 Å². The average molecular weight is 496 g/mol. The number of nitrogens with zero attached hydrogens (tertiary/aromatic N) is 6. The molecule has 0 bridgehead atoms. The summed E-state index contributed by atoms with van der Waals surface area (Å²) in [6.07, 6.45) is -2.61. The minimum Gasteiger partial charge on any atom is -0.457 e. The molecule has 0 unspecified atom stereocenters. The highest BCUT2D eigenvalue weighted by atomic mass is 16.6. The number of aliphatic hydroxyl groups is 2. The molecule has 0 saturated carbocycles. The maximum atomic E-state index is 11.2. The minimum atomic E-state index is -1.31. The van der Waals surface area contributed by atoms with Crippen molar-refractivity contribution in [2.24, 2.45) is 0 Å². The van der Waals surface area contributed by atoms with Crippen LogP contribution in [0.4, 0.5) is 11.8 Å². The largest absolute Gasteiger partial charge is 0.457 e. The van der Waals surface area contributed by atoms with Crippen LogP contribution >= 0.6 is 0 Å². The van der Waals surface area contributed by atoms with E-state index >= 15 is 0 Å². The van der Waals surface area contributed by atoms with Gasteiger partial charge in [0.2, 0.25) is 5.95 Å². The molecule has 1 aromatic carbocycles. The normalized spacial score (nSPS) is 22.5. The zero-order valence-electron chi connectivity index (χ0n) is 19.1. The van der Waals surface area contributed by atoms with Gasteiger partial charge in [-0.15, -0.1) is 0 Å². The topological polar surface area (TPSA) is 197 Å². The summed E-state index contributed by atoms with van der Waals surface area (Å²) in [5.74, 6) is 0.644. The Hall–Kier alpha value is -4.14. The molecule has 1 fully saturated rings. The molecule has 188 valence electrons. The second kappa shape index (κ2) is 9.85. The molecule has 5 N–H and O–H groups in total. The molecule has 5 rings (SSSR count). The molecule has 1 aliphatic heterocycles. The molecule has 0 aliphatic carbocycles. The monoisotopic (exact) mass is 496 g/mol. The van der Waals surface area contributed by atoms with Gasteiger partial charge in [-0.25, -0.2) is 4.98 Å². The number of aliphatic hydroxyl groups excluding tert-OH is 2. The molecule has 14 nitrogen and oxygen atoms in total. The number of imidazole rings is 1. The Kier molecular flexibility index (Phi) is 6.45. The van der Waals surface area contributed by atoms with Gasteiger partial charge in [-0.2, -0.15) is 15.0 Å². The number of nitrogens with one attached hydrogen (secondary N) is 1. The van der Waals surface area contributed by atoms with Crippen molar-refractivity contribution < 1.29 is 29.0 Å². The van der Waals surface area contributed by atoms with Gasteiger partial charge in [-0.05, 0) is 18.9 Å². The van der Waals surface area contributed by atoms with Crippen molar-refractivity contribution in [2.45, 2.75) is 43.9 Å². The summed E-state index contributed by atoms with van der Waals surface area (Å²) in [5.41, 5.74) is 7.71. The van der Waals surface area contributed by atoms with Crippen LogP contribution in [0.1, 0.15) is 29.6 Å². The molecule has 0 spiro atoms. The van der Waals surface area contributed by atoms with Crippen LogP contribution in [0.3, 0.4) is 0 Å². The number of rotatable bonds is 9. The predicted octanol–water partition coefficient (Wildman–Crippen LogP) is 0.288. The number of anilines is 2. The Labute approximate surface area is 204 Å². The van der Waals surface area contributed by atoms with Gasteiger partial charge in [-0.1, -0.05) is 35.5 Å². The van der Waals surface area contributed by atoms with Gasteiger partial charge in [0.15, 0.2) is 35.7 Å². The van der Waals surface area contributed by atoms with Gasteiger partial charge in [0.1, 0.15) is 11.6 Å². The van der Waals surface area contributed by atoms with Gasteiger partial charge in [0.05, 0.1) is 19.0 Å². The highest BCUT2D eigenvalue weighted by molar-refractivity contribution is 5.83. The Balaban J connectivity index is 1.46. The number of aromatic nitrogens is 6. The Morgan fingerprint density at radius 3 is 2.78 bits per heavy atom. The first-order chi connectivity index (χ1) is 17.5. The summed E-state index contributed by atoms with van der Waals surface area (Å²) >= 11 is 0. The maximum Gasteiger partial charge on any atom is 0.293 e. The molecule has 0 amide bonds. The fraction of sp³-hybridized carbons (Fsp3) is 0.364. The molecule has 3 aromatic heterocycles.